The minimum Gasteiger partial charge on any atom is -0.465 e. The number of amides is 1. The van der Waals surface area contributed by atoms with Gasteiger partial charge in [-0.3, -0.25) is 4.79 Å². The molecule has 0 saturated carbocycles. The third kappa shape index (κ3) is 3.20. The molecule has 1 aliphatic heterocycles. The van der Waals surface area contributed by atoms with Crippen LogP contribution in [0.4, 0.5) is 0 Å². The highest BCUT2D eigenvalue weighted by atomic mass is 16.3. The molecule has 4 nitrogen and oxygen atoms in total. The Morgan fingerprint density at radius 3 is 3.24 bits per heavy atom. The Balaban J connectivity index is 1.91. The molecule has 2 N–H and O–H groups in total. The normalized spacial score (nSPS) is 21.0. The summed E-state index contributed by atoms with van der Waals surface area (Å²) in [5.74, 6) is 1.19. The molecular formula is C13H18N2O2. The van der Waals surface area contributed by atoms with Crippen molar-refractivity contribution in [2.24, 2.45) is 11.7 Å². The van der Waals surface area contributed by atoms with Crippen LogP contribution >= 0.6 is 0 Å². The van der Waals surface area contributed by atoms with Crippen molar-refractivity contribution < 1.29 is 9.21 Å². The number of piperidine rings is 1. The molecule has 0 aromatic carbocycles. The summed E-state index contributed by atoms with van der Waals surface area (Å²) < 4.78 is 5.14. The van der Waals surface area contributed by atoms with Crippen LogP contribution in [0.2, 0.25) is 0 Å². The smallest absolute Gasteiger partial charge is 0.246 e. The van der Waals surface area contributed by atoms with Crippen LogP contribution in [0.25, 0.3) is 6.08 Å². The van der Waals surface area contributed by atoms with Gasteiger partial charge in [-0.1, -0.05) is 0 Å². The first-order chi connectivity index (χ1) is 8.29. The Hall–Kier alpha value is -1.55. The van der Waals surface area contributed by atoms with Crippen LogP contribution in [0.3, 0.4) is 0 Å². The number of carbonyl (C=O) groups is 1. The van der Waals surface area contributed by atoms with E-state index in [0.29, 0.717) is 18.2 Å². The maximum absolute atomic E-state index is 11.9. The second-order valence-electron chi connectivity index (χ2n) is 4.38. The first kappa shape index (κ1) is 11.9. The van der Waals surface area contributed by atoms with Gasteiger partial charge in [0.25, 0.3) is 0 Å². The molecular weight excluding hydrogens is 216 g/mol. The largest absolute Gasteiger partial charge is 0.465 e. The molecule has 1 aliphatic rings. The zero-order valence-electron chi connectivity index (χ0n) is 9.84. The molecule has 2 rings (SSSR count). The molecule has 4 heteroatoms. The predicted octanol–water partition coefficient (Wildman–Crippen LogP) is 1.49. The number of nitrogens with zero attached hydrogens (tertiary/aromatic N) is 1. The summed E-state index contributed by atoms with van der Waals surface area (Å²) in [7, 11) is 0. The SMILES string of the molecule is NC[C@@H]1CCCN(C(=O)/C=C/c2ccco2)C1. The number of nitrogens with two attached hydrogens (primary N) is 1. The van der Waals surface area contributed by atoms with Crippen molar-refractivity contribution >= 4 is 12.0 Å². The van der Waals surface area contributed by atoms with Gasteiger partial charge in [-0.25, -0.2) is 0 Å². The van der Waals surface area contributed by atoms with E-state index >= 15 is 0 Å². The van der Waals surface area contributed by atoms with E-state index in [0.717, 1.165) is 25.9 Å². The second kappa shape index (κ2) is 5.68. The van der Waals surface area contributed by atoms with E-state index in [4.69, 9.17) is 10.2 Å². The summed E-state index contributed by atoms with van der Waals surface area (Å²) >= 11 is 0. The highest BCUT2D eigenvalue weighted by molar-refractivity contribution is 5.91. The summed E-state index contributed by atoms with van der Waals surface area (Å²) in [6.45, 7) is 2.27. The van der Waals surface area contributed by atoms with E-state index < -0.39 is 0 Å². The maximum atomic E-state index is 11.9. The summed E-state index contributed by atoms with van der Waals surface area (Å²) in [4.78, 5) is 13.8. The van der Waals surface area contributed by atoms with Crippen LogP contribution in [0.5, 0.6) is 0 Å². The molecule has 1 amide bonds. The Bertz CT molecular complexity index is 384. The molecule has 1 aromatic heterocycles. The zero-order valence-corrected chi connectivity index (χ0v) is 9.84. The van der Waals surface area contributed by atoms with Crippen molar-refractivity contribution in [2.45, 2.75) is 12.8 Å². The Labute approximate surface area is 101 Å². The molecule has 1 fully saturated rings. The van der Waals surface area contributed by atoms with Gasteiger partial charge in [0.2, 0.25) is 5.91 Å². The summed E-state index contributed by atoms with van der Waals surface area (Å²) in [6.07, 6.45) is 7.03. The molecule has 2 heterocycles. The monoisotopic (exact) mass is 234 g/mol. The summed E-state index contributed by atoms with van der Waals surface area (Å²) in [5.41, 5.74) is 5.65. The van der Waals surface area contributed by atoms with Gasteiger partial charge in [0.05, 0.1) is 6.26 Å². The molecule has 0 bridgehead atoms. The van der Waals surface area contributed by atoms with Crippen molar-refractivity contribution in [3.63, 3.8) is 0 Å². The molecule has 1 aromatic rings. The number of carbonyl (C=O) groups excluding carboxylic acids is 1. The third-order valence-electron chi connectivity index (χ3n) is 3.10. The molecule has 17 heavy (non-hydrogen) atoms. The van der Waals surface area contributed by atoms with E-state index in [-0.39, 0.29) is 5.91 Å². The van der Waals surface area contributed by atoms with E-state index in [2.05, 4.69) is 0 Å². The average Bonchev–Trinajstić information content (AvgIpc) is 2.89. The van der Waals surface area contributed by atoms with E-state index in [1.807, 2.05) is 11.0 Å². The molecule has 0 spiro atoms. The number of hydrogen-bond acceptors (Lipinski definition) is 3. The van der Waals surface area contributed by atoms with Gasteiger partial charge in [0.1, 0.15) is 5.76 Å². The Morgan fingerprint density at radius 1 is 1.65 bits per heavy atom. The van der Waals surface area contributed by atoms with Crippen molar-refractivity contribution in [2.75, 3.05) is 19.6 Å². The molecule has 0 unspecified atom stereocenters. The number of furan rings is 1. The quantitative estimate of drug-likeness (QED) is 0.806. The minimum absolute atomic E-state index is 0.0413. The number of hydrogen-bond donors (Lipinski definition) is 1. The summed E-state index contributed by atoms with van der Waals surface area (Å²) in [6, 6.07) is 3.62. The van der Waals surface area contributed by atoms with E-state index in [1.165, 1.54) is 0 Å². The fourth-order valence-electron chi connectivity index (χ4n) is 2.10. The molecule has 92 valence electrons. The lowest BCUT2D eigenvalue weighted by Crippen LogP contribution is -2.41. The highest BCUT2D eigenvalue weighted by Gasteiger charge is 2.21. The van der Waals surface area contributed by atoms with Gasteiger partial charge in [0.15, 0.2) is 0 Å². The molecule has 1 atom stereocenters. The Kier molecular flexibility index (Phi) is 3.98. The second-order valence-corrected chi connectivity index (χ2v) is 4.38. The van der Waals surface area contributed by atoms with Gasteiger partial charge in [-0.05, 0) is 43.5 Å². The minimum atomic E-state index is 0.0413. The first-order valence-electron chi connectivity index (χ1n) is 6.00. The maximum Gasteiger partial charge on any atom is 0.246 e. The van der Waals surface area contributed by atoms with Crippen molar-refractivity contribution in [3.05, 3.63) is 30.2 Å². The first-order valence-corrected chi connectivity index (χ1v) is 6.00. The Morgan fingerprint density at radius 2 is 2.53 bits per heavy atom. The molecule has 1 saturated heterocycles. The van der Waals surface area contributed by atoms with Crippen LogP contribution in [0.1, 0.15) is 18.6 Å². The topological polar surface area (TPSA) is 59.5 Å². The lowest BCUT2D eigenvalue weighted by molar-refractivity contribution is -0.127. The number of rotatable bonds is 3. The zero-order chi connectivity index (χ0) is 12.1. The van der Waals surface area contributed by atoms with Crippen LogP contribution in [0.15, 0.2) is 28.9 Å². The van der Waals surface area contributed by atoms with Gasteiger partial charge in [-0.2, -0.15) is 0 Å². The molecule has 0 radical (unpaired) electrons. The lowest BCUT2D eigenvalue weighted by Gasteiger charge is -2.31. The fraction of sp³-hybridized carbons (Fsp3) is 0.462. The average molecular weight is 234 g/mol. The lowest BCUT2D eigenvalue weighted by atomic mass is 9.98. The summed E-state index contributed by atoms with van der Waals surface area (Å²) in [5, 5.41) is 0. The van der Waals surface area contributed by atoms with Gasteiger partial charge in [0, 0.05) is 19.2 Å². The van der Waals surface area contributed by atoms with Crippen LogP contribution in [-0.2, 0) is 4.79 Å². The highest BCUT2D eigenvalue weighted by Crippen LogP contribution is 2.15. The third-order valence-corrected chi connectivity index (χ3v) is 3.10. The number of likely N-dealkylation sites (tertiary alicyclic amines) is 1. The van der Waals surface area contributed by atoms with Gasteiger partial charge in [-0.15, -0.1) is 0 Å². The van der Waals surface area contributed by atoms with Crippen molar-refractivity contribution in [3.8, 4) is 0 Å². The van der Waals surface area contributed by atoms with E-state index in [1.54, 1.807) is 24.5 Å². The van der Waals surface area contributed by atoms with E-state index in [9.17, 15) is 4.79 Å². The van der Waals surface area contributed by atoms with Gasteiger partial charge < -0.3 is 15.1 Å². The van der Waals surface area contributed by atoms with Crippen LogP contribution in [0, 0.1) is 5.92 Å². The van der Waals surface area contributed by atoms with Crippen LogP contribution in [-0.4, -0.2) is 30.4 Å². The fourth-order valence-corrected chi connectivity index (χ4v) is 2.10. The van der Waals surface area contributed by atoms with Crippen LogP contribution < -0.4 is 5.73 Å². The standard InChI is InChI=1S/C13H18N2O2/c14-9-11-3-1-7-15(10-11)13(16)6-5-12-4-2-8-17-12/h2,4-6,8,11H,1,3,7,9-10,14H2/b6-5+/t11-/m0/s1. The van der Waals surface area contributed by atoms with Gasteiger partial charge >= 0.3 is 0 Å². The van der Waals surface area contributed by atoms with Crippen molar-refractivity contribution in [1.82, 2.24) is 4.90 Å². The predicted molar refractivity (Wildman–Crippen MR) is 66.1 cm³/mol. The van der Waals surface area contributed by atoms with Crippen molar-refractivity contribution in [1.29, 1.82) is 0 Å². The molecule has 0 aliphatic carbocycles.